The molecule has 0 saturated heterocycles. The Kier molecular flexibility index (Phi) is 21.0. The molecule has 0 spiro atoms. The first-order valence-electron chi connectivity index (χ1n) is 18.3. The number of hydrogen-bond donors (Lipinski definition) is 0. The Balaban J connectivity index is 0.000000264. The molecule has 12 heteroatoms. The Bertz CT molecular complexity index is 1930. The zero-order valence-electron chi connectivity index (χ0n) is 35.6. The molecule has 0 bridgehead atoms. The molecule has 4 nitrogen and oxygen atoms in total. The summed E-state index contributed by atoms with van der Waals surface area (Å²) in [5, 5.41) is 0. The Morgan fingerprint density at radius 2 is 0.571 bits per heavy atom. The van der Waals surface area contributed by atoms with Crippen molar-refractivity contribution in [1.29, 1.82) is 0 Å². The fourth-order valence-electron chi connectivity index (χ4n) is 7.94. The van der Waals surface area contributed by atoms with Crippen LogP contribution in [0.2, 0.25) is 0 Å². The van der Waals surface area contributed by atoms with Crippen molar-refractivity contribution in [2.75, 3.05) is 0 Å². The van der Waals surface area contributed by atoms with Gasteiger partial charge in [-0.15, -0.1) is 0 Å². The Morgan fingerprint density at radius 3 is 0.786 bits per heavy atom. The van der Waals surface area contributed by atoms with Crippen LogP contribution >= 0.6 is 91.5 Å². The number of aromatic nitrogens is 4. The zero-order valence-corrected chi connectivity index (χ0v) is 50.3. The summed E-state index contributed by atoms with van der Waals surface area (Å²) in [4.78, 5) is 0. The van der Waals surface area contributed by atoms with Crippen LogP contribution in [0.4, 0.5) is 0 Å². The molecule has 4 aromatic carbocycles. The molecule has 56 heavy (non-hydrogen) atoms. The van der Waals surface area contributed by atoms with Crippen molar-refractivity contribution in [3.63, 3.8) is 0 Å². The van der Waals surface area contributed by atoms with Gasteiger partial charge in [-0.05, 0) is 128 Å². The molecule has 0 unspecified atom stereocenters. The maximum absolute atomic E-state index is 2.44. The first kappa shape index (κ1) is 50.9. The minimum atomic E-state index is 0.530. The molecular weight excluding hydrogens is 1410 g/mol. The molecule has 6 rings (SSSR count). The van der Waals surface area contributed by atoms with E-state index in [0.717, 1.165) is 0 Å². The molecule has 0 radical (unpaired) electrons. The second-order valence-electron chi connectivity index (χ2n) is 14.9. The maximum atomic E-state index is 2.44. The fourth-order valence-corrected chi connectivity index (χ4v) is 11.0. The minimum absolute atomic E-state index is 0.530. The van der Waals surface area contributed by atoms with E-state index in [1.54, 1.807) is 0 Å². The van der Waals surface area contributed by atoms with Crippen LogP contribution in [-0.2, 0) is 0 Å². The molecule has 0 atom stereocenters. The van der Waals surface area contributed by atoms with Crippen molar-refractivity contribution in [2.24, 2.45) is 0 Å². The molecule has 6 aromatic rings. The normalized spacial score (nSPS) is 11.1. The monoisotopic (exact) mass is 1460 g/mol. The van der Waals surface area contributed by atoms with Crippen molar-refractivity contribution in [1.82, 2.24) is 8.66 Å². The summed E-state index contributed by atoms with van der Waals surface area (Å²) < 4.78 is 9.77. The van der Waals surface area contributed by atoms with Gasteiger partial charge in [-0.2, -0.15) is 17.3 Å². The van der Waals surface area contributed by atoms with Crippen LogP contribution in [0.25, 0.3) is 22.7 Å². The van der Waals surface area contributed by atoms with E-state index in [1.807, 2.05) is 0 Å². The number of aryl methyl sites for hydroxylation is 12. The Labute approximate surface area is 400 Å². The summed E-state index contributed by atoms with van der Waals surface area (Å²) in [5.74, 6) is 0. The average molecular weight is 1460 g/mol. The Morgan fingerprint density at radius 1 is 0.375 bits per heavy atom. The number of rotatable bonds is 4. The predicted octanol–water partition coefficient (Wildman–Crippen LogP) is 9.15. The molecule has 0 N–H and O–H groups in total. The quantitative estimate of drug-likeness (QED) is 0.157. The molecule has 0 aliphatic rings. The van der Waals surface area contributed by atoms with Crippen LogP contribution in [0, 0.1) is 111 Å². The summed E-state index contributed by atoms with van der Waals surface area (Å²) >= 11 is 10.6. The van der Waals surface area contributed by atoms with Gasteiger partial charge >= 0.3 is 118 Å². The molecular formula is C44H56I6N4P2. The van der Waals surface area contributed by atoms with Crippen molar-refractivity contribution >= 4 is 91.5 Å². The van der Waals surface area contributed by atoms with E-state index in [1.165, 1.54) is 129 Å². The van der Waals surface area contributed by atoms with Crippen LogP contribution in [0.1, 0.15) is 89.5 Å². The van der Waals surface area contributed by atoms with E-state index in [-0.39, 0.29) is 0 Å². The van der Waals surface area contributed by atoms with Crippen molar-refractivity contribution in [2.45, 2.75) is 111 Å². The van der Waals surface area contributed by atoms with Gasteiger partial charge in [-0.3, -0.25) is 0 Å². The van der Waals surface area contributed by atoms with Crippen LogP contribution in [0.15, 0.2) is 48.5 Å². The summed E-state index contributed by atoms with van der Waals surface area (Å²) in [7, 11) is 2.37. The molecule has 0 saturated carbocycles. The van der Waals surface area contributed by atoms with Gasteiger partial charge in [0.05, 0.1) is 0 Å². The second kappa shape index (κ2) is 23.1. The summed E-state index contributed by atoms with van der Waals surface area (Å²) in [6.45, 7) is 35.4. The first-order chi connectivity index (χ1) is 26.2. The van der Waals surface area contributed by atoms with Crippen LogP contribution in [0.5, 0.6) is 0 Å². The van der Waals surface area contributed by atoms with Crippen molar-refractivity contribution in [3.05, 3.63) is 138 Å². The van der Waals surface area contributed by atoms with E-state index in [4.69, 9.17) is 0 Å². The molecule has 0 aliphatic heterocycles. The van der Waals surface area contributed by atoms with Gasteiger partial charge in [0.15, 0.2) is 22.8 Å². The standard InChI is InChI=1S/2C22H28N2P.2I3/c2*1-13-9-15(3)21(16(4)10-13)23-19(7)20(8)24(25-23)22-17(5)11-14(2)12-18(22)6;2*1-3-2/h2*9-12H,1-8H3;;/q2*+1;2*-1. The number of halogens is 6. The molecule has 2 aromatic heterocycles. The molecule has 2 heterocycles. The van der Waals surface area contributed by atoms with E-state index in [2.05, 4.69) is 251 Å². The second-order valence-corrected chi connectivity index (χ2v) is 49.3. The van der Waals surface area contributed by atoms with Crippen LogP contribution in [0.3, 0.4) is 0 Å². The number of hydrogen-bond acceptors (Lipinski definition) is 0. The van der Waals surface area contributed by atoms with Gasteiger partial charge in [0, 0.05) is 27.7 Å². The average Bonchev–Trinajstić information content (AvgIpc) is 3.50. The van der Waals surface area contributed by atoms with E-state index in [9.17, 15) is 0 Å². The third kappa shape index (κ3) is 12.3. The molecule has 304 valence electrons. The van der Waals surface area contributed by atoms with E-state index < -0.39 is 0 Å². The van der Waals surface area contributed by atoms with Crippen LogP contribution in [-0.4, -0.2) is 8.66 Å². The fraction of sp³-hybridized carbons (Fsp3) is 0.364. The SMILES string of the molecule is Cc1cc(C)c(-n2p[n+](-c3c(C)cc(C)cc3C)c(C)c2C)c(C)c1.Cc1cc(C)c(-n2p[n+](-c3c(C)cc(C)cc3C)c(C)c2C)c(C)c1.I[I-]I.I[I-]I. The topological polar surface area (TPSA) is 17.6 Å². The van der Waals surface area contributed by atoms with Gasteiger partial charge in [-0.25, -0.2) is 0 Å². The van der Waals surface area contributed by atoms with Gasteiger partial charge in [0.1, 0.15) is 22.7 Å². The van der Waals surface area contributed by atoms with Gasteiger partial charge in [0.2, 0.25) is 0 Å². The van der Waals surface area contributed by atoms with Gasteiger partial charge in [0.25, 0.3) is 0 Å². The third-order valence-corrected chi connectivity index (χ3v) is 12.8. The molecule has 0 fully saturated rings. The van der Waals surface area contributed by atoms with Gasteiger partial charge < -0.3 is 0 Å². The van der Waals surface area contributed by atoms with Crippen molar-refractivity contribution in [3.8, 4) is 22.7 Å². The van der Waals surface area contributed by atoms with Gasteiger partial charge in [-0.1, -0.05) is 70.8 Å². The molecule has 0 amide bonds. The third-order valence-electron chi connectivity index (χ3n) is 10.1. The Hall–Kier alpha value is 0.540. The zero-order chi connectivity index (χ0) is 42.3. The molecule has 0 aliphatic carbocycles. The predicted molar refractivity (Wildman–Crippen MR) is 271 cm³/mol. The van der Waals surface area contributed by atoms with E-state index in [0.29, 0.717) is 26.5 Å². The van der Waals surface area contributed by atoms with E-state index >= 15 is 0 Å². The first-order valence-corrected chi connectivity index (χ1v) is 45.0. The van der Waals surface area contributed by atoms with Crippen LogP contribution < -0.4 is 35.2 Å². The summed E-state index contributed by atoms with van der Waals surface area (Å²) in [6, 6.07) is 18.3. The number of benzene rings is 4. The van der Waals surface area contributed by atoms with Crippen molar-refractivity contribution < 1.29 is 35.2 Å². The number of nitrogens with zero attached hydrogens (tertiary/aromatic N) is 4. The summed E-state index contributed by atoms with van der Waals surface area (Å²) in [5.41, 5.74) is 26.8. The summed E-state index contributed by atoms with van der Waals surface area (Å²) in [6.07, 6.45) is 0.